The molecule has 1 heterocycles. The maximum Gasteiger partial charge on any atom is 0.0419 e. The highest BCUT2D eigenvalue weighted by Crippen LogP contribution is 2.01. The zero-order valence-electron chi connectivity index (χ0n) is 8.67. The maximum atomic E-state index is 4.36. The van der Waals surface area contributed by atoms with E-state index < -0.39 is 0 Å². The van der Waals surface area contributed by atoms with E-state index in [0.29, 0.717) is 6.04 Å². The third-order valence-corrected chi connectivity index (χ3v) is 2.04. The van der Waals surface area contributed by atoms with Gasteiger partial charge in [0.15, 0.2) is 0 Å². The summed E-state index contributed by atoms with van der Waals surface area (Å²) in [5.74, 6) is 0. The molecule has 72 valence electrons. The molecule has 0 spiro atoms. The van der Waals surface area contributed by atoms with Crippen molar-refractivity contribution in [2.75, 3.05) is 6.54 Å². The number of aryl methyl sites for hydroxylation is 1. The van der Waals surface area contributed by atoms with Crippen LogP contribution in [0.3, 0.4) is 0 Å². The first-order chi connectivity index (χ1) is 6.22. The van der Waals surface area contributed by atoms with Gasteiger partial charge >= 0.3 is 0 Å². The quantitative estimate of drug-likeness (QED) is 0.762. The number of likely N-dealkylation sites (N-methyl/N-ethyl adjacent to an activating group) is 1. The van der Waals surface area contributed by atoms with Gasteiger partial charge in [0, 0.05) is 24.4 Å². The molecule has 0 bridgehead atoms. The Kier molecular flexibility index (Phi) is 3.90. The summed E-state index contributed by atoms with van der Waals surface area (Å²) in [6.45, 7) is 7.39. The molecule has 0 radical (unpaired) electrons. The Hall–Kier alpha value is -0.890. The molecule has 0 saturated heterocycles. The van der Waals surface area contributed by atoms with Crippen LogP contribution >= 0.6 is 0 Å². The smallest absolute Gasteiger partial charge is 0.0419 e. The van der Waals surface area contributed by atoms with E-state index in [1.165, 1.54) is 11.3 Å². The van der Waals surface area contributed by atoms with E-state index in [-0.39, 0.29) is 0 Å². The predicted octanol–water partition coefficient (Wildman–Crippen LogP) is 1.93. The van der Waals surface area contributed by atoms with Gasteiger partial charge in [0.25, 0.3) is 0 Å². The van der Waals surface area contributed by atoms with Gasteiger partial charge in [-0.2, -0.15) is 0 Å². The van der Waals surface area contributed by atoms with Crippen LogP contribution in [-0.2, 0) is 6.42 Å². The van der Waals surface area contributed by atoms with E-state index in [4.69, 9.17) is 0 Å². The van der Waals surface area contributed by atoms with Crippen molar-refractivity contribution in [3.63, 3.8) is 0 Å². The van der Waals surface area contributed by atoms with Crippen molar-refractivity contribution in [3.05, 3.63) is 29.6 Å². The zero-order valence-corrected chi connectivity index (χ0v) is 8.67. The second-order valence-electron chi connectivity index (χ2n) is 3.49. The summed E-state index contributed by atoms with van der Waals surface area (Å²) in [6.07, 6.45) is 2.93. The molecule has 1 N–H and O–H groups in total. The summed E-state index contributed by atoms with van der Waals surface area (Å²) in [5.41, 5.74) is 2.39. The standard InChI is InChI=1S/C11H18N2/c1-4-12-10(3)7-11-6-5-9(2)8-13-11/h5-6,8,10,12H,4,7H2,1-3H3. The van der Waals surface area contributed by atoms with Crippen LogP contribution in [0.15, 0.2) is 18.3 Å². The van der Waals surface area contributed by atoms with E-state index in [1.807, 2.05) is 6.20 Å². The van der Waals surface area contributed by atoms with Crippen LogP contribution in [0.1, 0.15) is 25.1 Å². The lowest BCUT2D eigenvalue weighted by atomic mass is 10.1. The zero-order chi connectivity index (χ0) is 9.68. The summed E-state index contributed by atoms with van der Waals surface area (Å²) in [7, 11) is 0. The molecule has 0 aliphatic heterocycles. The monoisotopic (exact) mass is 178 g/mol. The summed E-state index contributed by atoms with van der Waals surface area (Å²) >= 11 is 0. The highest BCUT2D eigenvalue weighted by molar-refractivity contribution is 5.12. The largest absolute Gasteiger partial charge is 0.314 e. The molecular formula is C11H18N2. The summed E-state index contributed by atoms with van der Waals surface area (Å²) in [5, 5.41) is 3.37. The van der Waals surface area contributed by atoms with Crippen LogP contribution in [0.25, 0.3) is 0 Å². The summed E-state index contributed by atoms with van der Waals surface area (Å²) in [6, 6.07) is 4.73. The SMILES string of the molecule is CCNC(C)Cc1ccc(C)cn1. The van der Waals surface area contributed by atoms with Crippen molar-refractivity contribution in [2.45, 2.75) is 33.2 Å². The molecule has 2 nitrogen and oxygen atoms in total. The van der Waals surface area contributed by atoms with Crippen molar-refractivity contribution in [1.29, 1.82) is 0 Å². The second-order valence-corrected chi connectivity index (χ2v) is 3.49. The van der Waals surface area contributed by atoms with Gasteiger partial charge in [-0.25, -0.2) is 0 Å². The topological polar surface area (TPSA) is 24.9 Å². The molecule has 0 saturated carbocycles. The molecule has 1 unspecified atom stereocenters. The summed E-state index contributed by atoms with van der Waals surface area (Å²) < 4.78 is 0. The molecule has 0 aromatic carbocycles. The Balaban J connectivity index is 2.49. The first kappa shape index (κ1) is 10.2. The first-order valence-electron chi connectivity index (χ1n) is 4.87. The first-order valence-corrected chi connectivity index (χ1v) is 4.87. The molecule has 1 aromatic heterocycles. The molecule has 1 atom stereocenters. The average molecular weight is 178 g/mol. The number of hydrogen-bond donors (Lipinski definition) is 1. The molecule has 0 aliphatic rings. The maximum absolute atomic E-state index is 4.36. The van der Waals surface area contributed by atoms with Gasteiger partial charge in [0.2, 0.25) is 0 Å². The van der Waals surface area contributed by atoms with Crippen molar-refractivity contribution < 1.29 is 0 Å². The highest BCUT2D eigenvalue weighted by atomic mass is 14.9. The molecule has 1 rings (SSSR count). The van der Waals surface area contributed by atoms with Gasteiger partial charge in [0.05, 0.1) is 0 Å². The van der Waals surface area contributed by atoms with Crippen molar-refractivity contribution in [3.8, 4) is 0 Å². The molecule has 0 amide bonds. The normalized spacial score (nSPS) is 12.8. The van der Waals surface area contributed by atoms with Gasteiger partial charge in [-0.1, -0.05) is 13.0 Å². The Morgan fingerprint density at radius 1 is 1.46 bits per heavy atom. The third-order valence-electron chi connectivity index (χ3n) is 2.04. The fourth-order valence-corrected chi connectivity index (χ4v) is 1.35. The molecular weight excluding hydrogens is 160 g/mol. The summed E-state index contributed by atoms with van der Waals surface area (Å²) in [4.78, 5) is 4.36. The van der Waals surface area contributed by atoms with Gasteiger partial charge in [0.1, 0.15) is 0 Å². The number of nitrogens with zero attached hydrogens (tertiary/aromatic N) is 1. The minimum atomic E-state index is 0.514. The number of pyridine rings is 1. The number of nitrogens with one attached hydrogen (secondary N) is 1. The Morgan fingerprint density at radius 3 is 2.77 bits per heavy atom. The van der Waals surface area contributed by atoms with Gasteiger partial charge in [-0.05, 0) is 32.0 Å². The fourth-order valence-electron chi connectivity index (χ4n) is 1.35. The van der Waals surface area contributed by atoms with E-state index in [2.05, 4.69) is 43.2 Å². The van der Waals surface area contributed by atoms with E-state index in [1.54, 1.807) is 0 Å². The molecule has 2 heteroatoms. The molecule has 0 aliphatic carbocycles. The lowest BCUT2D eigenvalue weighted by Gasteiger charge is -2.11. The Morgan fingerprint density at radius 2 is 2.23 bits per heavy atom. The fraction of sp³-hybridized carbons (Fsp3) is 0.545. The minimum absolute atomic E-state index is 0.514. The van der Waals surface area contributed by atoms with Crippen molar-refractivity contribution in [1.82, 2.24) is 10.3 Å². The van der Waals surface area contributed by atoms with E-state index >= 15 is 0 Å². The lowest BCUT2D eigenvalue weighted by Crippen LogP contribution is -2.27. The van der Waals surface area contributed by atoms with Crippen LogP contribution < -0.4 is 5.32 Å². The van der Waals surface area contributed by atoms with Gasteiger partial charge < -0.3 is 5.32 Å². The highest BCUT2D eigenvalue weighted by Gasteiger charge is 2.01. The van der Waals surface area contributed by atoms with Gasteiger partial charge in [-0.3, -0.25) is 4.98 Å². The lowest BCUT2D eigenvalue weighted by molar-refractivity contribution is 0.559. The van der Waals surface area contributed by atoms with Crippen LogP contribution in [0.4, 0.5) is 0 Å². The van der Waals surface area contributed by atoms with Crippen LogP contribution in [0, 0.1) is 6.92 Å². The molecule has 1 aromatic rings. The number of aromatic nitrogens is 1. The predicted molar refractivity (Wildman–Crippen MR) is 55.8 cm³/mol. The van der Waals surface area contributed by atoms with Crippen LogP contribution in [0.5, 0.6) is 0 Å². The third kappa shape index (κ3) is 3.55. The van der Waals surface area contributed by atoms with Crippen LogP contribution in [-0.4, -0.2) is 17.6 Å². The van der Waals surface area contributed by atoms with Crippen molar-refractivity contribution >= 4 is 0 Å². The number of hydrogen-bond acceptors (Lipinski definition) is 2. The molecule has 0 fully saturated rings. The number of rotatable bonds is 4. The van der Waals surface area contributed by atoms with E-state index in [0.717, 1.165) is 13.0 Å². The molecule has 13 heavy (non-hydrogen) atoms. The van der Waals surface area contributed by atoms with Crippen LogP contribution in [0.2, 0.25) is 0 Å². The second kappa shape index (κ2) is 4.97. The average Bonchev–Trinajstić information content (AvgIpc) is 2.09. The minimum Gasteiger partial charge on any atom is -0.314 e. The van der Waals surface area contributed by atoms with Crippen molar-refractivity contribution in [2.24, 2.45) is 0 Å². The Bertz CT molecular complexity index is 241. The van der Waals surface area contributed by atoms with E-state index in [9.17, 15) is 0 Å². The van der Waals surface area contributed by atoms with Gasteiger partial charge in [-0.15, -0.1) is 0 Å². The Labute approximate surface area is 80.4 Å².